The first-order valence-electron chi connectivity index (χ1n) is 7.71. The number of rotatable bonds is 3. The van der Waals surface area contributed by atoms with E-state index < -0.39 is 0 Å². The second-order valence-electron chi connectivity index (χ2n) is 6.02. The van der Waals surface area contributed by atoms with E-state index in [1.165, 1.54) is 5.56 Å². The summed E-state index contributed by atoms with van der Waals surface area (Å²) in [6, 6.07) is 17.5. The first kappa shape index (κ1) is 15.1. The van der Waals surface area contributed by atoms with Crippen molar-refractivity contribution in [1.29, 1.82) is 5.26 Å². The predicted molar refractivity (Wildman–Crippen MR) is 92.6 cm³/mol. The molecule has 0 aliphatic carbocycles. The third-order valence-electron chi connectivity index (χ3n) is 4.15. The van der Waals surface area contributed by atoms with Gasteiger partial charge in [-0.2, -0.15) is 5.26 Å². The molecule has 3 nitrogen and oxygen atoms in total. The van der Waals surface area contributed by atoms with Crippen LogP contribution in [0.3, 0.4) is 0 Å². The molecule has 0 spiro atoms. The van der Waals surface area contributed by atoms with E-state index in [1.54, 1.807) is 10.6 Å². The molecule has 0 unspecified atom stereocenters. The molecule has 0 N–H and O–H groups in total. The minimum Gasteiger partial charge on any atom is -0.311 e. The Morgan fingerprint density at radius 1 is 1.13 bits per heavy atom. The summed E-state index contributed by atoms with van der Waals surface area (Å²) >= 11 is 0. The fraction of sp³-hybridized carbons (Fsp3) is 0.200. The summed E-state index contributed by atoms with van der Waals surface area (Å²) < 4.78 is 1.66. The van der Waals surface area contributed by atoms with Crippen molar-refractivity contribution in [2.75, 3.05) is 0 Å². The van der Waals surface area contributed by atoms with E-state index in [4.69, 9.17) is 0 Å². The van der Waals surface area contributed by atoms with Gasteiger partial charge in [-0.25, -0.2) is 0 Å². The van der Waals surface area contributed by atoms with Crippen molar-refractivity contribution >= 4 is 10.8 Å². The highest BCUT2D eigenvalue weighted by Crippen LogP contribution is 2.19. The monoisotopic (exact) mass is 302 g/mol. The Hall–Kier alpha value is -2.86. The largest absolute Gasteiger partial charge is 0.311 e. The molecule has 0 atom stereocenters. The minimum atomic E-state index is -0.0226. The molecule has 1 aromatic heterocycles. The molecule has 0 saturated carbocycles. The zero-order valence-corrected chi connectivity index (χ0v) is 13.3. The molecule has 3 rings (SSSR count). The normalized spacial score (nSPS) is 10.9. The standard InChI is InChI=1S/C20H18N2O/c1-14(2)15-7-8-19-16(11-15)9-10-22(20(19)23)13-18-6-4-3-5-17(18)12-21/h3-11,14H,13H2,1-2H3. The highest BCUT2D eigenvalue weighted by molar-refractivity contribution is 5.82. The van der Waals surface area contributed by atoms with Gasteiger partial charge in [0.1, 0.15) is 0 Å². The number of nitriles is 1. The number of fused-ring (bicyclic) bond motifs is 1. The van der Waals surface area contributed by atoms with Gasteiger partial charge in [0.05, 0.1) is 18.2 Å². The van der Waals surface area contributed by atoms with Crippen LogP contribution in [0.5, 0.6) is 0 Å². The second kappa shape index (κ2) is 6.10. The van der Waals surface area contributed by atoms with E-state index in [0.29, 0.717) is 23.4 Å². The van der Waals surface area contributed by atoms with Gasteiger partial charge in [0.25, 0.3) is 5.56 Å². The van der Waals surface area contributed by atoms with Gasteiger partial charge in [-0.05, 0) is 40.6 Å². The molecule has 0 aliphatic heterocycles. The molecule has 0 aliphatic rings. The predicted octanol–water partition coefficient (Wildman–Crippen LogP) is 4.04. The van der Waals surface area contributed by atoms with Crippen molar-refractivity contribution in [2.45, 2.75) is 26.3 Å². The maximum atomic E-state index is 12.7. The van der Waals surface area contributed by atoms with E-state index in [2.05, 4.69) is 26.0 Å². The molecular formula is C20H18N2O. The van der Waals surface area contributed by atoms with Gasteiger partial charge in [0, 0.05) is 11.6 Å². The van der Waals surface area contributed by atoms with Crippen LogP contribution in [0.1, 0.15) is 36.5 Å². The first-order valence-corrected chi connectivity index (χ1v) is 7.71. The Bertz CT molecular complexity index is 961. The molecule has 3 heteroatoms. The van der Waals surface area contributed by atoms with Crippen molar-refractivity contribution in [3.63, 3.8) is 0 Å². The van der Waals surface area contributed by atoms with Crippen LogP contribution in [-0.4, -0.2) is 4.57 Å². The van der Waals surface area contributed by atoms with Crippen molar-refractivity contribution in [1.82, 2.24) is 4.57 Å². The zero-order valence-electron chi connectivity index (χ0n) is 13.3. The average Bonchev–Trinajstić information content (AvgIpc) is 2.57. The van der Waals surface area contributed by atoms with Crippen LogP contribution < -0.4 is 5.56 Å². The first-order chi connectivity index (χ1) is 11.1. The lowest BCUT2D eigenvalue weighted by atomic mass is 10.00. The van der Waals surface area contributed by atoms with E-state index >= 15 is 0 Å². The summed E-state index contributed by atoms with van der Waals surface area (Å²) in [7, 11) is 0. The molecule has 2 aromatic carbocycles. The highest BCUT2D eigenvalue weighted by atomic mass is 16.1. The molecule has 0 bridgehead atoms. The maximum Gasteiger partial charge on any atom is 0.258 e. The van der Waals surface area contributed by atoms with Gasteiger partial charge in [-0.3, -0.25) is 4.79 Å². The molecule has 0 amide bonds. The van der Waals surface area contributed by atoms with E-state index in [0.717, 1.165) is 10.9 Å². The van der Waals surface area contributed by atoms with Crippen LogP contribution in [0.2, 0.25) is 0 Å². The number of hydrogen-bond donors (Lipinski definition) is 0. The van der Waals surface area contributed by atoms with Crippen molar-refractivity contribution < 1.29 is 0 Å². The molecule has 114 valence electrons. The number of benzene rings is 2. The minimum absolute atomic E-state index is 0.0226. The highest BCUT2D eigenvalue weighted by Gasteiger charge is 2.08. The van der Waals surface area contributed by atoms with Crippen LogP contribution >= 0.6 is 0 Å². The second-order valence-corrected chi connectivity index (χ2v) is 6.02. The van der Waals surface area contributed by atoms with Crippen molar-refractivity contribution in [2.24, 2.45) is 0 Å². The Balaban J connectivity index is 2.06. The Morgan fingerprint density at radius 2 is 1.91 bits per heavy atom. The number of aromatic nitrogens is 1. The van der Waals surface area contributed by atoms with Crippen LogP contribution in [-0.2, 0) is 6.54 Å². The summed E-state index contributed by atoms with van der Waals surface area (Å²) in [4.78, 5) is 12.7. The fourth-order valence-electron chi connectivity index (χ4n) is 2.74. The number of hydrogen-bond acceptors (Lipinski definition) is 2. The van der Waals surface area contributed by atoms with Gasteiger partial charge in [-0.15, -0.1) is 0 Å². The summed E-state index contributed by atoms with van der Waals surface area (Å²) in [6.07, 6.45) is 1.81. The fourth-order valence-corrected chi connectivity index (χ4v) is 2.74. The van der Waals surface area contributed by atoms with Crippen LogP contribution in [0.4, 0.5) is 0 Å². The van der Waals surface area contributed by atoms with Crippen molar-refractivity contribution in [3.8, 4) is 6.07 Å². The van der Waals surface area contributed by atoms with Crippen LogP contribution in [0.15, 0.2) is 59.5 Å². The molecule has 0 fully saturated rings. The summed E-state index contributed by atoms with van der Waals surface area (Å²) in [5, 5.41) is 10.9. The smallest absolute Gasteiger partial charge is 0.258 e. The SMILES string of the molecule is CC(C)c1ccc2c(=O)n(Cc3ccccc3C#N)ccc2c1. The van der Waals surface area contributed by atoms with Gasteiger partial charge in [0.2, 0.25) is 0 Å². The van der Waals surface area contributed by atoms with E-state index in [-0.39, 0.29) is 5.56 Å². The lowest BCUT2D eigenvalue weighted by Gasteiger charge is -2.10. The quantitative estimate of drug-likeness (QED) is 0.733. The lowest BCUT2D eigenvalue weighted by molar-refractivity contribution is 0.766. The third kappa shape index (κ3) is 2.89. The molecule has 0 radical (unpaired) electrons. The Labute approximate surface area is 135 Å². The topological polar surface area (TPSA) is 45.8 Å². The van der Waals surface area contributed by atoms with Crippen molar-refractivity contribution in [3.05, 3.63) is 81.8 Å². The summed E-state index contributed by atoms with van der Waals surface area (Å²) in [6.45, 7) is 4.69. The van der Waals surface area contributed by atoms with Gasteiger partial charge >= 0.3 is 0 Å². The molecule has 23 heavy (non-hydrogen) atoms. The molecule has 3 aromatic rings. The lowest BCUT2D eigenvalue weighted by Crippen LogP contribution is -2.20. The number of nitrogens with zero attached hydrogens (tertiary/aromatic N) is 2. The average molecular weight is 302 g/mol. The van der Waals surface area contributed by atoms with E-state index in [9.17, 15) is 10.1 Å². The summed E-state index contributed by atoms with van der Waals surface area (Å²) in [5.41, 5.74) is 2.67. The van der Waals surface area contributed by atoms with Crippen LogP contribution in [0, 0.1) is 11.3 Å². The van der Waals surface area contributed by atoms with Crippen LogP contribution in [0.25, 0.3) is 10.8 Å². The summed E-state index contributed by atoms with van der Waals surface area (Å²) in [5.74, 6) is 0.435. The van der Waals surface area contributed by atoms with Gasteiger partial charge in [0.15, 0.2) is 0 Å². The molecule has 0 saturated heterocycles. The van der Waals surface area contributed by atoms with Gasteiger partial charge < -0.3 is 4.57 Å². The molecular weight excluding hydrogens is 284 g/mol. The third-order valence-corrected chi connectivity index (χ3v) is 4.15. The Kier molecular flexibility index (Phi) is 3.99. The van der Waals surface area contributed by atoms with Gasteiger partial charge in [-0.1, -0.05) is 44.2 Å². The molecule has 1 heterocycles. The van der Waals surface area contributed by atoms with E-state index in [1.807, 2.05) is 42.6 Å². The maximum absolute atomic E-state index is 12.7. The zero-order chi connectivity index (χ0) is 16.4. The number of pyridine rings is 1. The Morgan fingerprint density at radius 3 is 2.65 bits per heavy atom.